The minimum atomic E-state index is 0.244. The number of methoxy groups -OCH3 is 1. The van der Waals surface area contributed by atoms with E-state index in [9.17, 15) is 0 Å². The Labute approximate surface area is 152 Å². The molecule has 136 valence electrons. The number of benzene rings is 3. The highest BCUT2D eigenvalue weighted by Gasteiger charge is 2.17. The largest absolute Gasteiger partial charge is 0.497 e. The molecule has 0 amide bonds. The SMILES string of the molecule is COc1ccc2c(CNCCCCO)cc3cc4c(cc3c2c1)OCO4. The van der Waals surface area contributed by atoms with Crippen molar-refractivity contribution in [2.45, 2.75) is 19.4 Å². The predicted octanol–water partition coefficient (Wildman–Crippen LogP) is 3.59. The normalized spacial score (nSPS) is 12.8. The van der Waals surface area contributed by atoms with Crippen LogP contribution in [0, 0.1) is 0 Å². The van der Waals surface area contributed by atoms with Gasteiger partial charge in [-0.15, -0.1) is 0 Å². The second-order valence-electron chi connectivity index (χ2n) is 6.48. The van der Waals surface area contributed by atoms with Gasteiger partial charge in [-0.25, -0.2) is 0 Å². The van der Waals surface area contributed by atoms with Gasteiger partial charge in [-0.05, 0) is 76.8 Å². The third-order valence-corrected chi connectivity index (χ3v) is 4.81. The minimum Gasteiger partial charge on any atom is -0.497 e. The second kappa shape index (κ2) is 7.40. The summed E-state index contributed by atoms with van der Waals surface area (Å²) in [5.41, 5.74) is 1.23. The molecule has 1 aliphatic rings. The van der Waals surface area contributed by atoms with Gasteiger partial charge in [0.25, 0.3) is 0 Å². The van der Waals surface area contributed by atoms with E-state index in [1.807, 2.05) is 12.1 Å². The lowest BCUT2D eigenvalue weighted by Crippen LogP contribution is -2.15. The Morgan fingerprint density at radius 3 is 2.65 bits per heavy atom. The molecule has 3 aromatic rings. The molecule has 5 nitrogen and oxygen atoms in total. The quantitative estimate of drug-likeness (QED) is 0.502. The predicted molar refractivity (Wildman–Crippen MR) is 102 cm³/mol. The smallest absolute Gasteiger partial charge is 0.231 e. The van der Waals surface area contributed by atoms with Gasteiger partial charge in [0.15, 0.2) is 11.5 Å². The fraction of sp³-hybridized carbons (Fsp3) is 0.333. The molecule has 0 radical (unpaired) electrons. The van der Waals surface area contributed by atoms with Crippen LogP contribution in [0.15, 0.2) is 36.4 Å². The fourth-order valence-electron chi connectivity index (χ4n) is 3.46. The molecular weight excluding hydrogens is 330 g/mol. The Hall–Kier alpha value is -2.50. The highest BCUT2D eigenvalue weighted by Crippen LogP contribution is 2.40. The van der Waals surface area contributed by atoms with Crippen molar-refractivity contribution in [3.8, 4) is 17.2 Å². The van der Waals surface area contributed by atoms with Crippen LogP contribution >= 0.6 is 0 Å². The van der Waals surface area contributed by atoms with E-state index >= 15 is 0 Å². The van der Waals surface area contributed by atoms with E-state index in [0.717, 1.165) is 59.3 Å². The Morgan fingerprint density at radius 2 is 1.85 bits per heavy atom. The van der Waals surface area contributed by atoms with Crippen molar-refractivity contribution in [1.29, 1.82) is 0 Å². The van der Waals surface area contributed by atoms with Crippen LogP contribution in [0.3, 0.4) is 0 Å². The van der Waals surface area contributed by atoms with Crippen LogP contribution in [0.5, 0.6) is 17.2 Å². The average molecular weight is 353 g/mol. The van der Waals surface area contributed by atoms with Gasteiger partial charge in [-0.3, -0.25) is 0 Å². The first-order chi connectivity index (χ1) is 12.8. The fourth-order valence-corrected chi connectivity index (χ4v) is 3.46. The van der Waals surface area contributed by atoms with E-state index in [-0.39, 0.29) is 13.4 Å². The maximum Gasteiger partial charge on any atom is 0.231 e. The lowest BCUT2D eigenvalue weighted by Gasteiger charge is -2.13. The Bertz CT molecular complexity index is 938. The summed E-state index contributed by atoms with van der Waals surface area (Å²) in [6, 6.07) is 12.5. The monoisotopic (exact) mass is 353 g/mol. The number of nitrogens with one attached hydrogen (secondary N) is 1. The molecule has 0 bridgehead atoms. The molecule has 26 heavy (non-hydrogen) atoms. The zero-order valence-corrected chi connectivity index (χ0v) is 14.9. The number of hydrogen-bond donors (Lipinski definition) is 2. The van der Waals surface area contributed by atoms with Gasteiger partial charge >= 0.3 is 0 Å². The molecule has 1 aliphatic heterocycles. The molecule has 5 heteroatoms. The topological polar surface area (TPSA) is 60.0 Å². The van der Waals surface area contributed by atoms with Crippen molar-refractivity contribution in [2.75, 3.05) is 27.1 Å². The molecule has 0 atom stereocenters. The van der Waals surface area contributed by atoms with Crippen LogP contribution in [-0.4, -0.2) is 32.2 Å². The summed E-state index contributed by atoms with van der Waals surface area (Å²) in [7, 11) is 1.69. The van der Waals surface area contributed by atoms with Crippen LogP contribution in [0.1, 0.15) is 18.4 Å². The molecular formula is C21H23NO4. The second-order valence-corrected chi connectivity index (χ2v) is 6.48. The lowest BCUT2D eigenvalue weighted by atomic mass is 9.96. The molecule has 0 spiro atoms. The summed E-state index contributed by atoms with van der Waals surface area (Å²) in [5.74, 6) is 2.42. The number of unbranched alkanes of at least 4 members (excludes halogenated alkanes) is 1. The Kier molecular flexibility index (Phi) is 4.82. The maximum absolute atomic E-state index is 8.91. The molecule has 4 rings (SSSR count). The van der Waals surface area contributed by atoms with Crippen molar-refractivity contribution in [3.05, 3.63) is 42.0 Å². The summed E-state index contributed by atoms with van der Waals surface area (Å²) in [6.45, 7) is 2.18. The van der Waals surface area contributed by atoms with E-state index < -0.39 is 0 Å². The van der Waals surface area contributed by atoms with Crippen LogP contribution in [0.2, 0.25) is 0 Å². The third-order valence-electron chi connectivity index (χ3n) is 4.81. The molecule has 0 aromatic heterocycles. The zero-order valence-electron chi connectivity index (χ0n) is 14.9. The van der Waals surface area contributed by atoms with Crippen molar-refractivity contribution < 1.29 is 19.3 Å². The van der Waals surface area contributed by atoms with Gasteiger partial charge in [-0.1, -0.05) is 6.07 Å². The number of rotatable bonds is 7. The van der Waals surface area contributed by atoms with Crippen LogP contribution in [0.4, 0.5) is 0 Å². The summed E-state index contributed by atoms with van der Waals surface area (Å²) in [5, 5.41) is 17.0. The van der Waals surface area contributed by atoms with Gasteiger partial charge in [0.2, 0.25) is 6.79 Å². The molecule has 0 unspecified atom stereocenters. The van der Waals surface area contributed by atoms with Gasteiger partial charge in [-0.2, -0.15) is 0 Å². The Balaban J connectivity index is 1.78. The highest BCUT2D eigenvalue weighted by molar-refractivity contribution is 6.10. The van der Waals surface area contributed by atoms with E-state index in [1.165, 1.54) is 10.9 Å². The lowest BCUT2D eigenvalue weighted by molar-refractivity contribution is 0.174. The first-order valence-corrected chi connectivity index (χ1v) is 8.94. The molecule has 0 saturated carbocycles. The first-order valence-electron chi connectivity index (χ1n) is 8.94. The molecule has 1 heterocycles. The van der Waals surface area contributed by atoms with Gasteiger partial charge in [0, 0.05) is 13.2 Å². The molecule has 2 N–H and O–H groups in total. The standard InChI is InChI=1S/C21H23NO4/c1-24-16-4-5-17-15(12-22-6-2-3-7-23)8-14-9-20-21(26-13-25-20)11-18(14)19(17)10-16/h4-5,8-11,22-23H,2-3,6-7,12-13H2,1H3. The van der Waals surface area contributed by atoms with Gasteiger partial charge < -0.3 is 24.6 Å². The number of aliphatic hydroxyl groups is 1. The van der Waals surface area contributed by atoms with Crippen molar-refractivity contribution in [3.63, 3.8) is 0 Å². The van der Waals surface area contributed by atoms with E-state index in [4.69, 9.17) is 19.3 Å². The molecule has 0 saturated heterocycles. The number of ether oxygens (including phenoxy) is 3. The summed E-state index contributed by atoms with van der Waals surface area (Å²) in [4.78, 5) is 0. The van der Waals surface area contributed by atoms with Gasteiger partial charge in [0.1, 0.15) is 5.75 Å². The number of aliphatic hydroxyl groups excluding tert-OH is 1. The van der Waals surface area contributed by atoms with Gasteiger partial charge in [0.05, 0.1) is 7.11 Å². The zero-order chi connectivity index (χ0) is 17.9. The third kappa shape index (κ3) is 3.16. The molecule has 3 aromatic carbocycles. The van der Waals surface area contributed by atoms with Crippen LogP contribution < -0.4 is 19.5 Å². The molecule has 0 fully saturated rings. The van der Waals surface area contributed by atoms with Crippen LogP contribution in [0.25, 0.3) is 21.5 Å². The van der Waals surface area contributed by atoms with E-state index in [0.29, 0.717) is 0 Å². The van der Waals surface area contributed by atoms with Crippen molar-refractivity contribution in [1.82, 2.24) is 5.32 Å². The minimum absolute atomic E-state index is 0.244. The highest BCUT2D eigenvalue weighted by atomic mass is 16.7. The van der Waals surface area contributed by atoms with Crippen LogP contribution in [-0.2, 0) is 6.54 Å². The van der Waals surface area contributed by atoms with Crippen molar-refractivity contribution >= 4 is 21.5 Å². The number of hydrogen-bond acceptors (Lipinski definition) is 5. The Morgan fingerprint density at radius 1 is 1.00 bits per heavy atom. The average Bonchev–Trinajstić information content (AvgIpc) is 3.13. The summed E-state index contributed by atoms with van der Waals surface area (Å²) in [6.07, 6.45) is 1.79. The summed E-state index contributed by atoms with van der Waals surface area (Å²) < 4.78 is 16.5. The first kappa shape index (κ1) is 16.9. The number of fused-ring (bicyclic) bond motifs is 4. The van der Waals surface area contributed by atoms with E-state index in [2.05, 4.69) is 29.6 Å². The van der Waals surface area contributed by atoms with E-state index in [1.54, 1.807) is 7.11 Å². The summed E-state index contributed by atoms with van der Waals surface area (Å²) >= 11 is 0. The van der Waals surface area contributed by atoms with Crippen molar-refractivity contribution in [2.24, 2.45) is 0 Å². The maximum atomic E-state index is 8.91. The molecule has 0 aliphatic carbocycles.